The average molecular weight is 290 g/mol. The monoisotopic (exact) mass is 290 g/mol. The number of amides is 3. The number of benzene rings is 1. The summed E-state index contributed by atoms with van der Waals surface area (Å²) >= 11 is 0. The summed E-state index contributed by atoms with van der Waals surface area (Å²) in [6, 6.07) is 6.57. The summed E-state index contributed by atoms with van der Waals surface area (Å²) in [5.74, 6) is -0.891. The van der Waals surface area contributed by atoms with Gasteiger partial charge in [0.1, 0.15) is 0 Å². The molecule has 0 saturated carbocycles. The summed E-state index contributed by atoms with van der Waals surface area (Å²) < 4.78 is 4.93. The minimum absolute atomic E-state index is 0.0812. The van der Waals surface area contributed by atoms with Gasteiger partial charge < -0.3 is 10.1 Å². The van der Waals surface area contributed by atoms with Gasteiger partial charge in [-0.2, -0.15) is 0 Å². The van der Waals surface area contributed by atoms with Crippen LogP contribution in [0.4, 0.5) is 0 Å². The van der Waals surface area contributed by atoms with E-state index in [0.29, 0.717) is 17.7 Å². The summed E-state index contributed by atoms with van der Waals surface area (Å²) in [4.78, 5) is 37.1. The molecule has 21 heavy (non-hydrogen) atoms. The molecule has 1 N–H and O–H groups in total. The van der Waals surface area contributed by atoms with E-state index in [2.05, 4.69) is 5.32 Å². The first-order valence-electron chi connectivity index (χ1n) is 6.78. The molecule has 6 nitrogen and oxygen atoms in total. The van der Waals surface area contributed by atoms with E-state index in [1.807, 2.05) is 6.92 Å². The maximum absolute atomic E-state index is 12.1. The first-order valence-corrected chi connectivity index (χ1v) is 6.78. The lowest BCUT2D eigenvalue weighted by molar-refractivity contribution is -0.122. The molecule has 0 fully saturated rings. The minimum Gasteiger partial charge on any atom is -0.383 e. The van der Waals surface area contributed by atoms with Crippen LogP contribution in [0, 0.1) is 0 Å². The molecule has 1 aliphatic heterocycles. The maximum atomic E-state index is 12.1. The zero-order chi connectivity index (χ0) is 15.4. The Morgan fingerprint density at radius 2 is 1.81 bits per heavy atom. The zero-order valence-electron chi connectivity index (χ0n) is 12.1. The Morgan fingerprint density at radius 1 is 1.24 bits per heavy atom. The van der Waals surface area contributed by atoms with Gasteiger partial charge in [0.2, 0.25) is 5.91 Å². The fraction of sp³-hybridized carbons (Fsp3) is 0.400. The second-order valence-electron chi connectivity index (χ2n) is 4.98. The molecule has 1 heterocycles. The van der Waals surface area contributed by atoms with Crippen molar-refractivity contribution in [2.24, 2.45) is 0 Å². The highest BCUT2D eigenvalue weighted by Gasteiger charge is 2.34. The fourth-order valence-electron chi connectivity index (χ4n) is 2.29. The summed E-state index contributed by atoms with van der Waals surface area (Å²) in [6.45, 7) is 2.32. The molecule has 6 heteroatoms. The molecular formula is C15H18N2O4. The Morgan fingerprint density at radius 3 is 2.33 bits per heavy atom. The van der Waals surface area contributed by atoms with Crippen molar-refractivity contribution in [3.8, 4) is 0 Å². The molecule has 0 spiro atoms. The maximum Gasteiger partial charge on any atom is 0.261 e. The third-order valence-electron chi connectivity index (χ3n) is 3.26. The van der Waals surface area contributed by atoms with Crippen LogP contribution in [0.15, 0.2) is 24.3 Å². The van der Waals surface area contributed by atoms with Gasteiger partial charge in [-0.3, -0.25) is 19.3 Å². The number of rotatable bonds is 6. The molecular weight excluding hydrogens is 272 g/mol. The van der Waals surface area contributed by atoms with Crippen LogP contribution in [0.2, 0.25) is 0 Å². The number of nitrogens with one attached hydrogen (secondary N) is 1. The molecule has 1 unspecified atom stereocenters. The van der Waals surface area contributed by atoms with Gasteiger partial charge in [0, 0.05) is 26.1 Å². The second kappa shape index (κ2) is 6.49. The molecule has 0 aromatic heterocycles. The number of methoxy groups -OCH3 is 1. The van der Waals surface area contributed by atoms with Gasteiger partial charge in [-0.15, -0.1) is 0 Å². The standard InChI is InChI=1S/C15H18N2O4/c1-10(9-21-2)16-13(18)7-8-17-14(19)11-5-3-4-6-12(11)15(17)20/h3-6,10H,7-9H2,1-2H3,(H,16,18). The molecule has 2 rings (SSSR count). The van der Waals surface area contributed by atoms with Gasteiger partial charge in [0.15, 0.2) is 0 Å². The lowest BCUT2D eigenvalue weighted by Gasteiger charge is -2.16. The molecule has 3 amide bonds. The van der Waals surface area contributed by atoms with Crippen LogP contribution >= 0.6 is 0 Å². The van der Waals surface area contributed by atoms with Crippen LogP contribution in [0.3, 0.4) is 0 Å². The predicted molar refractivity (Wildman–Crippen MR) is 75.9 cm³/mol. The van der Waals surface area contributed by atoms with E-state index in [1.54, 1.807) is 31.4 Å². The lowest BCUT2D eigenvalue weighted by Crippen LogP contribution is -2.39. The van der Waals surface area contributed by atoms with E-state index in [4.69, 9.17) is 4.74 Å². The third kappa shape index (κ3) is 3.28. The van der Waals surface area contributed by atoms with E-state index in [-0.39, 0.29) is 36.7 Å². The quantitative estimate of drug-likeness (QED) is 0.787. The number of imide groups is 1. The molecule has 0 radical (unpaired) electrons. The van der Waals surface area contributed by atoms with E-state index < -0.39 is 0 Å². The Labute approximate surface area is 123 Å². The van der Waals surface area contributed by atoms with Gasteiger partial charge in [-0.1, -0.05) is 12.1 Å². The molecule has 1 atom stereocenters. The largest absolute Gasteiger partial charge is 0.383 e. The molecule has 1 aromatic carbocycles. The zero-order valence-corrected chi connectivity index (χ0v) is 12.1. The van der Waals surface area contributed by atoms with Crippen molar-refractivity contribution in [1.29, 1.82) is 0 Å². The summed E-state index contributed by atoms with van der Waals surface area (Å²) in [6.07, 6.45) is 0.0829. The van der Waals surface area contributed by atoms with E-state index in [1.165, 1.54) is 0 Å². The first-order chi connectivity index (χ1) is 10.0. The normalized spacial score (nSPS) is 15.0. The van der Waals surface area contributed by atoms with Crippen LogP contribution in [-0.4, -0.2) is 48.9 Å². The highest BCUT2D eigenvalue weighted by Crippen LogP contribution is 2.22. The SMILES string of the molecule is COCC(C)NC(=O)CCN1C(=O)c2ccccc2C1=O. The number of carbonyl (C=O) groups is 3. The highest BCUT2D eigenvalue weighted by atomic mass is 16.5. The molecule has 112 valence electrons. The van der Waals surface area contributed by atoms with Gasteiger partial charge in [-0.05, 0) is 19.1 Å². The Balaban J connectivity index is 1.92. The van der Waals surface area contributed by atoms with Crippen LogP contribution in [0.5, 0.6) is 0 Å². The second-order valence-corrected chi connectivity index (χ2v) is 4.98. The topological polar surface area (TPSA) is 75.7 Å². The molecule has 0 saturated heterocycles. The number of hydrogen-bond acceptors (Lipinski definition) is 4. The molecule has 1 aliphatic rings. The Bertz CT molecular complexity index is 536. The number of ether oxygens (including phenoxy) is 1. The number of carbonyl (C=O) groups excluding carboxylic acids is 3. The van der Waals surface area contributed by atoms with Crippen molar-refractivity contribution in [3.05, 3.63) is 35.4 Å². The van der Waals surface area contributed by atoms with E-state index in [9.17, 15) is 14.4 Å². The van der Waals surface area contributed by atoms with Crippen molar-refractivity contribution >= 4 is 17.7 Å². The van der Waals surface area contributed by atoms with Crippen molar-refractivity contribution in [1.82, 2.24) is 10.2 Å². The summed E-state index contributed by atoms with van der Waals surface area (Å²) in [7, 11) is 1.56. The average Bonchev–Trinajstić information content (AvgIpc) is 2.70. The smallest absolute Gasteiger partial charge is 0.261 e. The van der Waals surface area contributed by atoms with E-state index >= 15 is 0 Å². The predicted octanol–water partition coefficient (Wildman–Crippen LogP) is 0.824. The first kappa shape index (κ1) is 15.2. The molecule has 1 aromatic rings. The van der Waals surface area contributed by atoms with Crippen LogP contribution < -0.4 is 5.32 Å². The fourth-order valence-corrected chi connectivity index (χ4v) is 2.29. The van der Waals surface area contributed by atoms with Crippen molar-refractivity contribution in [2.75, 3.05) is 20.3 Å². The van der Waals surface area contributed by atoms with Crippen molar-refractivity contribution < 1.29 is 19.1 Å². The lowest BCUT2D eigenvalue weighted by atomic mass is 10.1. The number of fused-ring (bicyclic) bond motifs is 1. The van der Waals surface area contributed by atoms with Crippen molar-refractivity contribution in [3.63, 3.8) is 0 Å². The minimum atomic E-state index is -0.340. The highest BCUT2D eigenvalue weighted by molar-refractivity contribution is 6.21. The number of nitrogens with zero attached hydrogens (tertiary/aromatic N) is 1. The van der Waals surface area contributed by atoms with Gasteiger partial charge >= 0.3 is 0 Å². The van der Waals surface area contributed by atoms with Crippen LogP contribution in [-0.2, 0) is 9.53 Å². The van der Waals surface area contributed by atoms with Gasteiger partial charge in [-0.25, -0.2) is 0 Å². The number of hydrogen-bond donors (Lipinski definition) is 1. The van der Waals surface area contributed by atoms with Crippen molar-refractivity contribution in [2.45, 2.75) is 19.4 Å². The third-order valence-corrected chi connectivity index (χ3v) is 3.26. The van der Waals surface area contributed by atoms with E-state index in [0.717, 1.165) is 4.90 Å². The Kier molecular flexibility index (Phi) is 4.70. The molecule has 0 aliphatic carbocycles. The van der Waals surface area contributed by atoms with Gasteiger partial charge in [0.25, 0.3) is 11.8 Å². The summed E-state index contributed by atoms with van der Waals surface area (Å²) in [5, 5.41) is 2.74. The van der Waals surface area contributed by atoms with Crippen LogP contribution in [0.25, 0.3) is 0 Å². The van der Waals surface area contributed by atoms with Gasteiger partial charge in [0.05, 0.1) is 17.7 Å². The Hall–Kier alpha value is -2.21. The summed E-state index contributed by atoms with van der Waals surface area (Å²) in [5.41, 5.74) is 0.798. The molecule has 0 bridgehead atoms. The van der Waals surface area contributed by atoms with Crippen LogP contribution in [0.1, 0.15) is 34.1 Å².